The molecule has 0 amide bonds. The van der Waals surface area contributed by atoms with E-state index in [1.165, 1.54) is 4.31 Å². The summed E-state index contributed by atoms with van der Waals surface area (Å²) < 4.78 is 38.1. The second kappa shape index (κ2) is 9.54. The summed E-state index contributed by atoms with van der Waals surface area (Å²) in [6.45, 7) is 4.45. The van der Waals surface area contributed by atoms with Crippen LogP contribution >= 0.6 is 0 Å². The van der Waals surface area contributed by atoms with Gasteiger partial charge in [-0.15, -0.1) is 0 Å². The van der Waals surface area contributed by atoms with Crippen LogP contribution < -0.4 is 14.4 Å². The highest BCUT2D eigenvalue weighted by molar-refractivity contribution is 7.89. The maximum absolute atomic E-state index is 13.0. The molecule has 0 aliphatic carbocycles. The number of sulfonamides is 1. The first kappa shape index (κ1) is 22.0. The molecule has 168 valence electrons. The normalized spacial score (nSPS) is 14.9. The first-order valence-corrected chi connectivity index (χ1v) is 11.9. The molecular weight excluding hydrogens is 428 g/mol. The van der Waals surface area contributed by atoms with Gasteiger partial charge in [-0.25, -0.2) is 18.4 Å². The molecule has 1 aliphatic heterocycles. The average Bonchev–Trinajstić information content (AvgIpc) is 2.85. The number of hydrogen-bond donors (Lipinski definition) is 0. The molecule has 0 unspecified atom stereocenters. The van der Waals surface area contributed by atoms with E-state index in [2.05, 4.69) is 14.9 Å². The van der Waals surface area contributed by atoms with E-state index >= 15 is 0 Å². The van der Waals surface area contributed by atoms with E-state index in [4.69, 9.17) is 9.47 Å². The van der Waals surface area contributed by atoms with Gasteiger partial charge in [-0.2, -0.15) is 4.31 Å². The second-order valence-corrected chi connectivity index (χ2v) is 9.22. The Balaban J connectivity index is 1.44. The highest BCUT2D eigenvalue weighted by atomic mass is 32.2. The van der Waals surface area contributed by atoms with E-state index in [-0.39, 0.29) is 4.90 Å². The van der Waals surface area contributed by atoms with Crippen molar-refractivity contribution in [3.05, 3.63) is 60.9 Å². The third-order valence-electron chi connectivity index (χ3n) is 5.37. The minimum Gasteiger partial charge on any atom is -0.497 e. The Hall–Kier alpha value is -3.17. The number of methoxy groups -OCH3 is 1. The highest BCUT2D eigenvalue weighted by Gasteiger charge is 2.29. The maximum atomic E-state index is 13.0. The van der Waals surface area contributed by atoms with Gasteiger partial charge in [0.15, 0.2) is 0 Å². The predicted octanol–water partition coefficient (Wildman–Crippen LogP) is 3.06. The van der Waals surface area contributed by atoms with Gasteiger partial charge in [-0.3, -0.25) is 0 Å². The van der Waals surface area contributed by atoms with Crippen molar-refractivity contribution in [3.63, 3.8) is 0 Å². The summed E-state index contributed by atoms with van der Waals surface area (Å²) in [6.07, 6.45) is 1.54. The molecule has 0 saturated carbocycles. The van der Waals surface area contributed by atoms with Gasteiger partial charge in [0.1, 0.15) is 23.6 Å². The Bertz CT molecular complexity index is 1140. The molecule has 0 N–H and O–H groups in total. The van der Waals surface area contributed by atoms with Gasteiger partial charge >= 0.3 is 0 Å². The monoisotopic (exact) mass is 454 g/mol. The van der Waals surface area contributed by atoms with Crippen molar-refractivity contribution in [3.8, 4) is 22.8 Å². The molecule has 32 heavy (non-hydrogen) atoms. The summed E-state index contributed by atoms with van der Waals surface area (Å²) in [4.78, 5) is 11.2. The molecule has 9 heteroatoms. The van der Waals surface area contributed by atoms with E-state index < -0.39 is 10.0 Å². The van der Waals surface area contributed by atoms with Crippen LogP contribution in [0.4, 0.5) is 5.82 Å². The van der Waals surface area contributed by atoms with Crippen molar-refractivity contribution in [2.24, 2.45) is 0 Å². The van der Waals surface area contributed by atoms with E-state index in [1.807, 2.05) is 37.3 Å². The Labute approximate surface area is 188 Å². The Morgan fingerprint density at radius 2 is 1.56 bits per heavy atom. The van der Waals surface area contributed by atoms with Crippen molar-refractivity contribution in [2.75, 3.05) is 44.8 Å². The molecule has 0 radical (unpaired) electrons. The summed E-state index contributed by atoms with van der Waals surface area (Å²) in [5.74, 6) is 2.23. The van der Waals surface area contributed by atoms with Gasteiger partial charge in [0.05, 0.1) is 24.3 Å². The summed E-state index contributed by atoms with van der Waals surface area (Å²) in [6, 6.07) is 16.2. The number of nitrogens with zero attached hydrogens (tertiary/aromatic N) is 4. The Morgan fingerprint density at radius 3 is 2.19 bits per heavy atom. The van der Waals surface area contributed by atoms with Gasteiger partial charge in [-0.05, 0) is 55.5 Å². The van der Waals surface area contributed by atoms with Crippen LogP contribution in [0.1, 0.15) is 6.92 Å². The minimum atomic E-state index is -3.55. The fraction of sp³-hybridized carbons (Fsp3) is 0.304. The first-order chi connectivity index (χ1) is 15.5. The number of ether oxygens (including phenoxy) is 2. The predicted molar refractivity (Wildman–Crippen MR) is 123 cm³/mol. The summed E-state index contributed by atoms with van der Waals surface area (Å²) in [5, 5.41) is 0. The Morgan fingerprint density at radius 1 is 0.906 bits per heavy atom. The van der Waals surface area contributed by atoms with E-state index in [1.54, 1.807) is 37.7 Å². The maximum Gasteiger partial charge on any atom is 0.243 e. The SMILES string of the molecule is CCOc1ccc(-c2cc(N3CCN(S(=O)(=O)c4ccc(OC)cc4)CC3)ncn2)cc1. The molecule has 0 spiro atoms. The fourth-order valence-electron chi connectivity index (χ4n) is 3.62. The highest BCUT2D eigenvalue weighted by Crippen LogP contribution is 2.25. The number of anilines is 1. The first-order valence-electron chi connectivity index (χ1n) is 10.5. The van der Waals surface area contributed by atoms with E-state index in [0.717, 1.165) is 22.8 Å². The molecule has 1 aliphatic rings. The lowest BCUT2D eigenvalue weighted by atomic mass is 10.1. The molecular formula is C23H26N4O4S. The lowest BCUT2D eigenvalue weighted by molar-refractivity contribution is 0.340. The van der Waals surface area contributed by atoms with Crippen molar-refractivity contribution in [2.45, 2.75) is 11.8 Å². The van der Waals surface area contributed by atoms with Crippen molar-refractivity contribution < 1.29 is 17.9 Å². The molecule has 3 aromatic rings. The Kier molecular flexibility index (Phi) is 6.57. The average molecular weight is 455 g/mol. The van der Waals surface area contributed by atoms with Crippen molar-refractivity contribution in [1.29, 1.82) is 0 Å². The van der Waals surface area contributed by atoms with Gasteiger partial charge in [0.25, 0.3) is 0 Å². The quantitative estimate of drug-likeness (QED) is 0.542. The van der Waals surface area contributed by atoms with Crippen molar-refractivity contribution in [1.82, 2.24) is 14.3 Å². The van der Waals surface area contributed by atoms with Crippen molar-refractivity contribution >= 4 is 15.8 Å². The number of rotatable bonds is 7. The van der Waals surface area contributed by atoms with Crippen LogP contribution in [0.25, 0.3) is 11.3 Å². The lowest BCUT2D eigenvalue weighted by Gasteiger charge is -2.34. The van der Waals surface area contributed by atoms with Gasteiger partial charge in [0, 0.05) is 37.8 Å². The van der Waals surface area contributed by atoms with Crippen LogP contribution in [0.2, 0.25) is 0 Å². The van der Waals surface area contributed by atoms with Crippen LogP contribution in [0, 0.1) is 0 Å². The number of piperazine rings is 1. The topological polar surface area (TPSA) is 84.9 Å². The van der Waals surface area contributed by atoms with Crippen LogP contribution in [0.15, 0.2) is 65.8 Å². The van der Waals surface area contributed by atoms with Gasteiger partial charge in [-0.1, -0.05) is 0 Å². The second-order valence-electron chi connectivity index (χ2n) is 7.29. The number of hydrogen-bond acceptors (Lipinski definition) is 7. The van der Waals surface area contributed by atoms with Crippen LogP contribution in [0.3, 0.4) is 0 Å². The van der Waals surface area contributed by atoms with E-state index in [0.29, 0.717) is 38.5 Å². The van der Waals surface area contributed by atoms with Crippen LogP contribution in [-0.4, -0.2) is 62.6 Å². The zero-order valence-electron chi connectivity index (χ0n) is 18.1. The molecule has 8 nitrogen and oxygen atoms in total. The summed E-state index contributed by atoms with van der Waals surface area (Å²) in [5.41, 5.74) is 1.78. The molecule has 4 rings (SSSR count). The molecule has 1 fully saturated rings. The summed E-state index contributed by atoms with van der Waals surface area (Å²) >= 11 is 0. The van der Waals surface area contributed by atoms with Gasteiger partial charge in [0.2, 0.25) is 10.0 Å². The fourth-order valence-corrected chi connectivity index (χ4v) is 5.04. The molecule has 0 atom stereocenters. The van der Waals surface area contributed by atoms with Crippen LogP contribution in [0.5, 0.6) is 11.5 Å². The van der Waals surface area contributed by atoms with Crippen LogP contribution in [-0.2, 0) is 10.0 Å². The number of aromatic nitrogens is 2. The zero-order valence-corrected chi connectivity index (χ0v) is 19.0. The summed E-state index contributed by atoms with van der Waals surface area (Å²) in [7, 11) is -1.99. The van der Waals surface area contributed by atoms with Gasteiger partial charge < -0.3 is 14.4 Å². The van der Waals surface area contributed by atoms with E-state index in [9.17, 15) is 8.42 Å². The molecule has 2 heterocycles. The minimum absolute atomic E-state index is 0.270. The zero-order chi connectivity index (χ0) is 22.6. The molecule has 2 aromatic carbocycles. The standard InChI is InChI=1S/C23H26N4O4S/c1-3-31-20-6-4-18(5-7-20)22-16-23(25-17-24-22)26-12-14-27(15-13-26)32(28,29)21-10-8-19(30-2)9-11-21/h4-11,16-17H,3,12-15H2,1-2H3. The third-order valence-corrected chi connectivity index (χ3v) is 7.29. The lowest BCUT2D eigenvalue weighted by Crippen LogP contribution is -2.48. The smallest absolute Gasteiger partial charge is 0.243 e. The molecule has 1 saturated heterocycles. The number of benzene rings is 2. The molecule has 1 aromatic heterocycles. The molecule has 0 bridgehead atoms. The third kappa shape index (κ3) is 4.68. The largest absolute Gasteiger partial charge is 0.497 e.